The molecule has 0 amide bonds. The number of anilines is 1. The smallest absolute Gasteiger partial charge is 0.337 e. The van der Waals surface area contributed by atoms with Crippen LogP contribution in [0.2, 0.25) is 5.02 Å². The minimum atomic E-state index is -1.09. The van der Waals surface area contributed by atoms with Gasteiger partial charge in [0.15, 0.2) is 0 Å². The summed E-state index contributed by atoms with van der Waals surface area (Å²) in [5.41, 5.74) is 2.22. The maximum absolute atomic E-state index is 10.5. The van der Waals surface area contributed by atoms with Crippen molar-refractivity contribution in [3.05, 3.63) is 28.8 Å². The third-order valence-corrected chi connectivity index (χ3v) is 1.64. The van der Waals surface area contributed by atoms with E-state index in [2.05, 4.69) is 0 Å². The molecule has 0 saturated carbocycles. The predicted molar refractivity (Wildman–Crippen MR) is 43.8 cm³/mol. The summed E-state index contributed by atoms with van der Waals surface area (Å²) >= 11 is 5.57. The van der Waals surface area contributed by atoms with Crippen molar-refractivity contribution in [1.29, 1.82) is 0 Å². The van der Waals surface area contributed by atoms with Crippen molar-refractivity contribution in [2.75, 3.05) is 5.48 Å². The first-order valence-electron chi connectivity index (χ1n) is 3.08. The van der Waals surface area contributed by atoms with Gasteiger partial charge in [-0.2, -0.15) is 0 Å². The number of nitrogens with one attached hydrogen (secondary N) is 1. The molecule has 4 nitrogen and oxygen atoms in total. The minimum Gasteiger partial charge on any atom is -0.478 e. The van der Waals surface area contributed by atoms with Gasteiger partial charge in [0.25, 0.3) is 0 Å². The molecular weight excluding hydrogens is 182 g/mol. The van der Waals surface area contributed by atoms with Crippen LogP contribution < -0.4 is 5.48 Å². The van der Waals surface area contributed by atoms with Crippen molar-refractivity contribution in [2.24, 2.45) is 0 Å². The summed E-state index contributed by atoms with van der Waals surface area (Å²) in [4.78, 5) is 10.5. The summed E-state index contributed by atoms with van der Waals surface area (Å²) < 4.78 is 0. The van der Waals surface area contributed by atoms with Crippen LogP contribution >= 0.6 is 11.6 Å². The second-order valence-electron chi connectivity index (χ2n) is 2.11. The molecule has 0 unspecified atom stereocenters. The zero-order valence-corrected chi connectivity index (χ0v) is 6.67. The number of carbonyl (C=O) groups is 1. The van der Waals surface area contributed by atoms with Crippen LogP contribution in [0, 0.1) is 0 Å². The predicted octanol–water partition coefficient (Wildman–Crippen LogP) is 1.84. The normalized spacial score (nSPS) is 9.50. The highest BCUT2D eigenvalue weighted by Gasteiger charge is 2.07. The van der Waals surface area contributed by atoms with Crippen molar-refractivity contribution < 1.29 is 15.1 Å². The summed E-state index contributed by atoms with van der Waals surface area (Å²) in [6.07, 6.45) is 0. The Morgan fingerprint density at radius 1 is 1.50 bits per heavy atom. The van der Waals surface area contributed by atoms with Crippen LogP contribution in [0.3, 0.4) is 0 Å². The van der Waals surface area contributed by atoms with Crippen molar-refractivity contribution >= 4 is 23.3 Å². The Labute approximate surface area is 73.4 Å². The number of carboxylic acid groups (broad SMARTS) is 1. The van der Waals surface area contributed by atoms with E-state index >= 15 is 0 Å². The molecule has 12 heavy (non-hydrogen) atoms. The third-order valence-electron chi connectivity index (χ3n) is 1.33. The summed E-state index contributed by atoms with van der Waals surface area (Å²) in [5.74, 6) is -1.09. The molecule has 0 atom stereocenters. The molecule has 0 bridgehead atoms. The van der Waals surface area contributed by atoms with Crippen molar-refractivity contribution in [3.63, 3.8) is 0 Å². The van der Waals surface area contributed by atoms with E-state index in [1.165, 1.54) is 18.2 Å². The molecule has 1 aromatic rings. The molecular formula is C7H6ClNO3. The van der Waals surface area contributed by atoms with Gasteiger partial charge in [0.05, 0.1) is 16.3 Å². The Morgan fingerprint density at radius 2 is 2.17 bits per heavy atom. The zero-order valence-electron chi connectivity index (χ0n) is 5.91. The van der Waals surface area contributed by atoms with Gasteiger partial charge in [-0.15, -0.1) is 0 Å². The van der Waals surface area contributed by atoms with Crippen LogP contribution in [-0.4, -0.2) is 16.3 Å². The van der Waals surface area contributed by atoms with Gasteiger partial charge < -0.3 is 5.11 Å². The molecule has 1 aromatic carbocycles. The number of halogens is 1. The van der Waals surface area contributed by atoms with Crippen LogP contribution in [0.1, 0.15) is 10.4 Å². The van der Waals surface area contributed by atoms with E-state index in [4.69, 9.17) is 21.9 Å². The average molecular weight is 188 g/mol. The molecule has 64 valence electrons. The lowest BCUT2D eigenvalue weighted by Crippen LogP contribution is -1.98. The van der Waals surface area contributed by atoms with E-state index in [1.54, 1.807) is 0 Å². The quantitative estimate of drug-likeness (QED) is 0.618. The first kappa shape index (κ1) is 8.83. The number of hydrogen-bond acceptors (Lipinski definition) is 3. The Kier molecular flexibility index (Phi) is 2.52. The maximum atomic E-state index is 10.5. The molecule has 0 aliphatic carbocycles. The number of carboxylic acids is 1. The molecule has 0 aliphatic rings. The van der Waals surface area contributed by atoms with E-state index in [-0.39, 0.29) is 10.6 Å². The summed E-state index contributed by atoms with van der Waals surface area (Å²) in [5, 5.41) is 17.1. The van der Waals surface area contributed by atoms with Gasteiger partial charge in [-0.1, -0.05) is 11.6 Å². The van der Waals surface area contributed by atoms with Crippen LogP contribution in [0.5, 0.6) is 0 Å². The highest BCUT2D eigenvalue weighted by molar-refractivity contribution is 6.33. The lowest BCUT2D eigenvalue weighted by Gasteiger charge is -2.01. The van der Waals surface area contributed by atoms with Crippen LogP contribution in [0.25, 0.3) is 0 Å². The SMILES string of the molecule is O=C(O)c1ccc(NO)cc1Cl. The van der Waals surface area contributed by atoms with Gasteiger partial charge in [0, 0.05) is 0 Å². The molecule has 0 aromatic heterocycles. The van der Waals surface area contributed by atoms with Crippen LogP contribution in [-0.2, 0) is 0 Å². The number of benzene rings is 1. The fourth-order valence-corrected chi connectivity index (χ4v) is 1.02. The van der Waals surface area contributed by atoms with Gasteiger partial charge in [0.1, 0.15) is 0 Å². The number of rotatable bonds is 2. The second kappa shape index (κ2) is 3.42. The monoisotopic (exact) mass is 187 g/mol. The number of hydrogen-bond donors (Lipinski definition) is 3. The highest BCUT2D eigenvalue weighted by atomic mass is 35.5. The van der Waals surface area contributed by atoms with E-state index < -0.39 is 5.97 Å². The fraction of sp³-hybridized carbons (Fsp3) is 0. The fourth-order valence-electron chi connectivity index (χ4n) is 0.758. The van der Waals surface area contributed by atoms with Gasteiger partial charge in [0.2, 0.25) is 0 Å². The zero-order chi connectivity index (χ0) is 9.14. The molecule has 0 fully saturated rings. The summed E-state index contributed by atoms with van der Waals surface area (Å²) in [7, 11) is 0. The molecule has 5 heteroatoms. The van der Waals surface area contributed by atoms with E-state index in [9.17, 15) is 4.79 Å². The molecule has 0 spiro atoms. The first-order valence-corrected chi connectivity index (χ1v) is 3.46. The second-order valence-corrected chi connectivity index (χ2v) is 2.52. The van der Waals surface area contributed by atoms with Crippen molar-refractivity contribution in [1.82, 2.24) is 0 Å². The van der Waals surface area contributed by atoms with Crippen LogP contribution in [0.4, 0.5) is 5.69 Å². The third kappa shape index (κ3) is 1.66. The summed E-state index contributed by atoms with van der Waals surface area (Å²) in [6.45, 7) is 0. The van der Waals surface area contributed by atoms with E-state index in [0.29, 0.717) is 5.69 Å². The standard InChI is InChI=1S/C7H6ClNO3/c8-6-3-4(9-12)1-2-5(6)7(10)11/h1-3,9,12H,(H,10,11). The van der Waals surface area contributed by atoms with E-state index in [1.807, 2.05) is 5.48 Å². The molecule has 1 rings (SSSR count). The van der Waals surface area contributed by atoms with Gasteiger partial charge in [-0.3, -0.25) is 10.7 Å². The molecule has 0 aliphatic heterocycles. The lowest BCUT2D eigenvalue weighted by atomic mass is 10.2. The van der Waals surface area contributed by atoms with Gasteiger partial charge >= 0.3 is 5.97 Å². The van der Waals surface area contributed by atoms with Gasteiger partial charge in [-0.05, 0) is 18.2 Å². The van der Waals surface area contributed by atoms with Crippen LogP contribution in [0.15, 0.2) is 18.2 Å². The first-order chi connectivity index (χ1) is 5.65. The maximum Gasteiger partial charge on any atom is 0.337 e. The molecule has 0 radical (unpaired) electrons. The Morgan fingerprint density at radius 3 is 2.58 bits per heavy atom. The Hall–Kier alpha value is -1.26. The van der Waals surface area contributed by atoms with E-state index in [0.717, 1.165) is 0 Å². The number of aromatic carboxylic acids is 1. The van der Waals surface area contributed by atoms with Crippen molar-refractivity contribution in [3.8, 4) is 0 Å². The Bertz CT molecular complexity index is 314. The van der Waals surface area contributed by atoms with Gasteiger partial charge in [-0.25, -0.2) is 4.79 Å². The summed E-state index contributed by atoms with van der Waals surface area (Å²) in [6, 6.07) is 4.05. The minimum absolute atomic E-state index is 0.00988. The highest BCUT2D eigenvalue weighted by Crippen LogP contribution is 2.20. The average Bonchev–Trinajstić information content (AvgIpc) is 2.03. The Balaban J connectivity index is 3.12. The molecule has 3 N–H and O–H groups in total. The lowest BCUT2D eigenvalue weighted by molar-refractivity contribution is 0.0697. The molecule has 0 heterocycles. The van der Waals surface area contributed by atoms with Crippen molar-refractivity contribution in [2.45, 2.75) is 0 Å². The molecule has 0 saturated heterocycles. The topological polar surface area (TPSA) is 69.6 Å². The largest absolute Gasteiger partial charge is 0.478 e.